The maximum atomic E-state index is 11.6. The minimum Gasteiger partial charge on any atom is -0.337 e. The van der Waals surface area contributed by atoms with Gasteiger partial charge in [0.05, 0.1) is 0 Å². The highest BCUT2D eigenvalue weighted by Gasteiger charge is 2.32. The van der Waals surface area contributed by atoms with Crippen LogP contribution in [-0.2, 0) is 4.79 Å². The molecule has 4 nitrogen and oxygen atoms in total. The van der Waals surface area contributed by atoms with Crippen molar-refractivity contribution in [2.24, 2.45) is 0 Å². The maximum Gasteiger partial charge on any atom is 0.324 e. The monoisotopic (exact) mass is 196 g/mol. The van der Waals surface area contributed by atoms with Crippen LogP contribution in [0.25, 0.3) is 0 Å². The lowest BCUT2D eigenvalue weighted by atomic mass is 9.94. The van der Waals surface area contributed by atoms with Crippen LogP contribution in [0.1, 0.15) is 38.5 Å². The molecule has 1 saturated heterocycles. The van der Waals surface area contributed by atoms with E-state index in [9.17, 15) is 9.59 Å². The number of urea groups is 1. The molecule has 78 valence electrons. The minimum absolute atomic E-state index is 0.000602. The van der Waals surface area contributed by atoms with E-state index in [0.717, 1.165) is 25.7 Å². The molecule has 1 aliphatic heterocycles. The first-order valence-electron chi connectivity index (χ1n) is 5.39. The van der Waals surface area contributed by atoms with Gasteiger partial charge in [-0.25, -0.2) is 4.79 Å². The summed E-state index contributed by atoms with van der Waals surface area (Å²) in [6.07, 6.45) is 5.95. The van der Waals surface area contributed by atoms with Crippen molar-refractivity contribution < 1.29 is 9.59 Å². The van der Waals surface area contributed by atoms with E-state index in [-0.39, 0.29) is 18.0 Å². The van der Waals surface area contributed by atoms with Crippen molar-refractivity contribution in [1.82, 2.24) is 10.2 Å². The SMILES string of the molecule is O=C1CCNC(=O)N1C1CCCCC1. The fourth-order valence-corrected chi connectivity index (χ4v) is 2.30. The number of rotatable bonds is 1. The number of hydrogen-bond donors (Lipinski definition) is 1. The second-order valence-corrected chi connectivity index (χ2v) is 4.04. The quantitative estimate of drug-likeness (QED) is 0.686. The standard InChI is InChI=1S/C10H16N2O2/c13-9-6-7-11-10(14)12(9)8-4-2-1-3-5-8/h8H,1-7H2,(H,11,14). The summed E-state index contributed by atoms with van der Waals surface area (Å²) >= 11 is 0. The number of amides is 3. The Morgan fingerprint density at radius 3 is 2.50 bits per heavy atom. The molecule has 0 aromatic carbocycles. The van der Waals surface area contributed by atoms with E-state index in [1.54, 1.807) is 0 Å². The van der Waals surface area contributed by atoms with Crippen LogP contribution in [0.5, 0.6) is 0 Å². The van der Waals surface area contributed by atoms with E-state index in [1.165, 1.54) is 11.3 Å². The number of carbonyl (C=O) groups is 2. The van der Waals surface area contributed by atoms with E-state index >= 15 is 0 Å². The lowest BCUT2D eigenvalue weighted by Crippen LogP contribution is -2.54. The summed E-state index contributed by atoms with van der Waals surface area (Å²) in [6.45, 7) is 0.501. The van der Waals surface area contributed by atoms with Crippen molar-refractivity contribution in [2.75, 3.05) is 6.54 Å². The van der Waals surface area contributed by atoms with Crippen LogP contribution in [-0.4, -0.2) is 29.4 Å². The average molecular weight is 196 g/mol. The van der Waals surface area contributed by atoms with Crippen molar-refractivity contribution in [3.05, 3.63) is 0 Å². The van der Waals surface area contributed by atoms with Gasteiger partial charge in [0.2, 0.25) is 5.91 Å². The van der Waals surface area contributed by atoms with Gasteiger partial charge < -0.3 is 5.32 Å². The molecule has 2 rings (SSSR count). The van der Waals surface area contributed by atoms with Gasteiger partial charge in [-0.3, -0.25) is 9.69 Å². The van der Waals surface area contributed by atoms with Crippen molar-refractivity contribution in [2.45, 2.75) is 44.6 Å². The topological polar surface area (TPSA) is 49.4 Å². The highest BCUT2D eigenvalue weighted by molar-refractivity contribution is 5.97. The molecule has 0 aromatic rings. The van der Waals surface area contributed by atoms with Gasteiger partial charge in [-0.05, 0) is 12.8 Å². The van der Waals surface area contributed by atoms with Gasteiger partial charge in [-0.2, -0.15) is 0 Å². The fourth-order valence-electron chi connectivity index (χ4n) is 2.30. The smallest absolute Gasteiger partial charge is 0.324 e. The third kappa shape index (κ3) is 1.74. The predicted octanol–water partition coefficient (Wildman–Crippen LogP) is 1.26. The summed E-state index contributed by atoms with van der Waals surface area (Å²) in [5.74, 6) is 0.000602. The van der Waals surface area contributed by atoms with Gasteiger partial charge in [-0.1, -0.05) is 19.3 Å². The third-order valence-corrected chi connectivity index (χ3v) is 3.04. The van der Waals surface area contributed by atoms with Gasteiger partial charge in [-0.15, -0.1) is 0 Å². The number of imide groups is 1. The Hall–Kier alpha value is -1.06. The van der Waals surface area contributed by atoms with Crippen LogP contribution in [0.2, 0.25) is 0 Å². The number of hydrogen-bond acceptors (Lipinski definition) is 2. The van der Waals surface area contributed by atoms with Crippen LogP contribution in [0.4, 0.5) is 4.79 Å². The Labute approximate surface area is 83.6 Å². The van der Waals surface area contributed by atoms with Crippen LogP contribution in [0.3, 0.4) is 0 Å². The molecular weight excluding hydrogens is 180 g/mol. The summed E-state index contributed by atoms with van der Waals surface area (Å²) < 4.78 is 0. The first-order chi connectivity index (χ1) is 6.79. The Bertz CT molecular complexity index is 231. The summed E-state index contributed by atoms with van der Waals surface area (Å²) in [4.78, 5) is 24.5. The average Bonchev–Trinajstić information content (AvgIpc) is 2.19. The molecule has 4 heteroatoms. The highest BCUT2D eigenvalue weighted by Crippen LogP contribution is 2.24. The van der Waals surface area contributed by atoms with Crippen LogP contribution in [0, 0.1) is 0 Å². The van der Waals surface area contributed by atoms with Gasteiger partial charge in [0.1, 0.15) is 0 Å². The zero-order valence-electron chi connectivity index (χ0n) is 8.29. The molecule has 0 aromatic heterocycles. The lowest BCUT2D eigenvalue weighted by molar-refractivity contribution is -0.131. The second-order valence-electron chi connectivity index (χ2n) is 4.04. The molecule has 14 heavy (non-hydrogen) atoms. The normalized spacial score (nSPS) is 25.0. The maximum absolute atomic E-state index is 11.6. The minimum atomic E-state index is -0.187. The summed E-state index contributed by atoms with van der Waals surface area (Å²) in [6, 6.07) is -0.0234. The fraction of sp³-hybridized carbons (Fsp3) is 0.800. The molecule has 1 N–H and O–H groups in total. The van der Waals surface area contributed by atoms with E-state index < -0.39 is 0 Å². The zero-order valence-corrected chi connectivity index (χ0v) is 8.29. The van der Waals surface area contributed by atoms with Crippen LogP contribution >= 0.6 is 0 Å². The van der Waals surface area contributed by atoms with Crippen LogP contribution < -0.4 is 5.32 Å². The second kappa shape index (κ2) is 3.98. The van der Waals surface area contributed by atoms with Crippen LogP contribution in [0.15, 0.2) is 0 Å². The van der Waals surface area contributed by atoms with Crippen molar-refractivity contribution in [3.63, 3.8) is 0 Å². The van der Waals surface area contributed by atoms with Crippen molar-refractivity contribution in [1.29, 1.82) is 0 Å². The molecule has 2 aliphatic rings. The Kier molecular flexibility index (Phi) is 2.70. The molecule has 1 saturated carbocycles. The molecule has 0 unspecified atom stereocenters. The van der Waals surface area contributed by atoms with Gasteiger partial charge in [0.25, 0.3) is 0 Å². The summed E-state index contributed by atoms with van der Waals surface area (Å²) in [5.41, 5.74) is 0. The molecule has 2 fully saturated rings. The molecule has 0 radical (unpaired) electrons. The number of nitrogens with zero attached hydrogens (tertiary/aromatic N) is 1. The molecule has 3 amide bonds. The van der Waals surface area contributed by atoms with Gasteiger partial charge >= 0.3 is 6.03 Å². The molecule has 1 heterocycles. The molecule has 0 spiro atoms. The first-order valence-corrected chi connectivity index (χ1v) is 5.39. The van der Waals surface area contributed by atoms with Crippen molar-refractivity contribution in [3.8, 4) is 0 Å². The predicted molar refractivity (Wildman–Crippen MR) is 51.7 cm³/mol. The molecule has 0 bridgehead atoms. The Balaban J connectivity index is 2.05. The van der Waals surface area contributed by atoms with E-state index in [0.29, 0.717) is 13.0 Å². The molecule has 1 aliphatic carbocycles. The Morgan fingerprint density at radius 2 is 1.86 bits per heavy atom. The number of nitrogens with one attached hydrogen (secondary N) is 1. The zero-order chi connectivity index (χ0) is 9.97. The summed E-state index contributed by atoms with van der Waals surface area (Å²) in [5, 5.41) is 2.73. The molecular formula is C10H16N2O2. The Morgan fingerprint density at radius 1 is 1.14 bits per heavy atom. The third-order valence-electron chi connectivity index (χ3n) is 3.04. The lowest BCUT2D eigenvalue weighted by Gasteiger charge is -2.35. The van der Waals surface area contributed by atoms with Gasteiger partial charge in [0.15, 0.2) is 0 Å². The summed E-state index contributed by atoms with van der Waals surface area (Å²) in [7, 11) is 0. The first kappa shape index (κ1) is 9.49. The van der Waals surface area contributed by atoms with E-state index in [4.69, 9.17) is 0 Å². The largest absolute Gasteiger partial charge is 0.337 e. The van der Waals surface area contributed by atoms with Crippen molar-refractivity contribution >= 4 is 11.9 Å². The van der Waals surface area contributed by atoms with Gasteiger partial charge in [0, 0.05) is 19.0 Å². The highest BCUT2D eigenvalue weighted by atomic mass is 16.2. The van der Waals surface area contributed by atoms with E-state index in [2.05, 4.69) is 5.32 Å². The number of carbonyl (C=O) groups excluding carboxylic acids is 2. The molecule has 0 atom stereocenters. The van der Waals surface area contributed by atoms with E-state index in [1.807, 2.05) is 0 Å².